The molecule has 0 radical (unpaired) electrons. The highest BCUT2D eigenvalue weighted by atomic mass is 16.5. The molecule has 0 saturated carbocycles. The molecule has 2 aromatic carbocycles. The van der Waals surface area contributed by atoms with Crippen LogP contribution in [-0.4, -0.2) is 35.1 Å². The van der Waals surface area contributed by atoms with Crippen molar-refractivity contribution in [2.45, 2.75) is 25.4 Å². The number of benzene rings is 2. The van der Waals surface area contributed by atoms with Crippen LogP contribution in [0.3, 0.4) is 0 Å². The molecule has 0 bridgehead atoms. The van der Waals surface area contributed by atoms with Crippen molar-refractivity contribution in [3.8, 4) is 11.3 Å². The number of ether oxygens (including phenoxy) is 1. The van der Waals surface area contributed by atoms with Crippen LogP contribution < -0.4 is 5.32 Å². The Labute approximate surface area is 164 Å². The summed E-state index contributed by atoms with van der Waals surface area (Å²) in [4.78, 5) is 21.6. The van der Waals surface area contributed by atoms with E-state index < -0.39 is 0 Å². The lowest BCUT2D eigenvalue weighted by Gasteiger charge is -2.11. The minimum atomic E-state index is -0.0871. The fraction of sp³-hybridized carbons (Fsp3) is 0.261. The highest BCUT2D eigenvalue weighted by Crippen LogP contribution is 2.19. The number of hydrogen-bond acceptors (Lipinski definition) is 4. The predicted molar refractivity (Wildman–Crippen MR) is 108 cm³/mol. The van der Waals surface area contributed by atoms with Gasteiger partial charge in [0, 0.05) is 36.9 Å². The van der Waals surface area contributed by atoms with Crippen LogP contribution in [0, 0.1) is 0 Å². The second-order valence-electron chi connectivity index (χ2n) is 6.95. The van der Waals surface area contributed by atoms with E-state index in [1.54, 1.807) is 6.20 Å². The molecule has 28 heavy (non-hydrogen) atoms. The van der Waals surface area contributed by atoms with Crippen molar-refractivity contribution in [3.05, 3.63) is 83.8 Å². The molecule has 3 aromatic rings. The minimum Gasteiger partial charge on any atom is -0.376 e. The van der Waals surface area contributed by atoms with Crippen molar-refractivity contribution in [1.29, 1.82) is 0 Å². The molecule has 1 aromatic heterocycles. The molecular weight excluding hydrogens is 350 g/mol. The lowest BCUT2D eigenvalue weighted by molar-refractivity contribution is 0.0858. The number of hydrogen-bond donors (Lipinski definition) is 1. The van der Waals surface area contributed by atoms with E-state index in [2.05, 4.69) is 27.4 Å². The Morgan fingerprint density at radius 2 is 2.00 bits per heavy atom. The highest BCUT2D eigenvalue weighted by molar-refractivity contribution is 5.95. The van der Waals surface area contributed by atoms with Crippen molar-refractivity contribution in [2.75, 3.05) is 13.2 Å². The van der Waals surface area contributed by atoms with Gasteiger partial charge in [-0.2, -0.15) is 0 Å². The van der Waals surface area contributed by atoms with Crippen LogP contribution in [0.1, 0.15) is 34.6 Å². The van der Waals surface area contributed by atoms with Gasteiger partial charge in [-0.3, -0.25) is 4.79 Å². The Balaban J connectivity index is 1.47. The van der Waals surface area contributed by atoms with Gasteiger partial charge in [0.1, 0.15) is 5.82 Å². The molecule has 1 fully saturated rings. The fourth-order valence-electron chi connectivity index (χ4n) is 3.36. The van der Waals surface area contributed by atoms with E-state index >= 15 is 0 Å². The third-order valence-corrected chi connectivity index (χ3v) is 4.85. The summed E-state index contributed by atoms with van der Waals surface area (Å²) in [5.41, 5.74) is 3.51. The largest absolute Gasteiger partial charge is 0.376 e. The van der Waals surface area contributed by atoms with Gasteiger partial charge in [-0.05, 0) is 36.6 Å². The first kappa shape index (κ1) is 18.3. The maximum absolute atomic E-state index is 12.5. The molecule has 0 spiro atoms. The third kappa shape index (κ3) is 4.61. The van der Waals surface area contributed by atoms with Gasteiger partial charge in [0.15, 0.2) is 0 Å². The van der Waals surface area contributed by atoms with Gasteiger partial charge >= 0.3 is 0 Å². The number of aromatic nitrogens is 2. The summed E-state index contributed by atoms with van der Waals surface area (Å²) in [6, 6.07) is 19.6. The van der Waals surface area contributed by atoms with E-state index in [0.29, 0.717) is 18.5 Å². The van der Waals surface area contributed by atoms with Crippen LogP contribution in [0.5, 0.6) is 0 Å². The predicted octanol–water partition coefficient (Wildman–Crippen LogP) is 3.64. The normalized spacial score (nSPS) is 16.1. The zero-order valence-corrected chi connectivity index (χ0v) is 15.7. The molecule has 1 atom stereocenters. The molecule has 0 aliphatic carbocycles. The molecule has 5 heteroatoms. The molecule has 1 aliphatic heterocycles. The lowest BCUT2D eigenvalue weighted by Crippen LogP contribution is -2.31. The maximum atomic E-state index is 12.5. The number of nitrogens with one attached hydrogen (secondary N) is 1. The summed E-state index contributed by atoms with van der Waals surface area (Å²) in [6.07, 6.45) is 4.65. The summed E-state index contributed by atoms with van der Waals surface area (Å²) in [5.74, 6) is 0.674. The summed E-state index contributed by atoms with van der Waals surface area (Å²) in [5, 5.41) is 2.97. The number of carbonyl (C=O) groups excluding carboxylic acids is 1. The second-order valence-corrected chi connectivity index (χ2v) is 6.95. The Morgan fingerprint density at radius 1 is 1.11 bits per heavy atom. The first-order valence-electron chi connectivity index (χ1n) is 9.64. The number of carbonyl (C=O) groups is 1. The topological polar surface area (TPSA) is 64.1 Å². The molecule has 1 aliphatic rings. The molecule has 142 valence electrons. The van der Waals surface area contributed by atoms with E-state index in [1.165, 1.54) is 5.56 Å². The fourth-order valence-corrected chi connectivity index (χ4v) is 3.36. The van der Waals surface area contributed by atoms with E-state index in [-0.39, 0.29) is 12.0 Å². The average Bonchev–Trinajstić information content (AvgIpc) is 3.27. The smallest absolute Gasteiger partial charge is 0.251 e. The first-order valence-corrected chi connectivity index (χ1v) is 9.64. The second kappa shape index (κ2) is 8.76. The van der Waals surface area contributed by atoms with Gasteiger partial charge in [0.25, 0.3) is 5.91 Å². The lowest BCUT2D eigenvalue weighted by atomic mass is 10.1. The monoisotopic (exact) mass is 373 g/mol. The van der Waals surface area contributed by atoms with Crippen molar-refractivity contribution in [3.63, 3.8) is 0 Å². The zero-order chi connectivity index (χ0) is 19.2. The van der Waals surface area contributed by atoms with Gasteiger partial charge < -0.3 is 10.1 Å². The van der Waals surface area contributed by atoms with Crippen molar-refractivity contribution in [2.24, 2.45) is 0 Å². The SMILES string of the molecule is O=C(NCC1CCCO1)c1cccc(-c2ccnc(Cc3ccccc3)n2)c1. The van der Waals surface area contributed by atoms with Gasteiger partial charge in [-0.15, -0.1) is 0 Å². The highest BCUT2D eigenvalue weighted by Gasteiger charge is 2.17. The van der Waals surface area contributed by atoms with Crippen LogP contribution in [0.4, 0.5) is 0 Å². The van der Waals surface area contributed by atoms with Gasteiger partial charge in [-0.1, -0.05) is 42.5 Å². The molecule has 1 amide bonds. The van der Waals surface area contributed by atoms with E-state index in [0.717, 1.165) is 36.5 Å². The molecule has 2 heterocycles. The van der Waals surface area contributed by atoms with E-state index in [1.807, 2.05) is 48.5 Å². The number of rotatable bonds is 6. The van der Waals surface area contributed by atoms with E-state index in [4.69, 9.17) is 4.74 Å². The van der Waals surface area contributed by atoms with Crippen LogP contribution >= 0.6 is 0 Å². The van der Waals surface area contributed by atoms with Crippen molar-refractivity contribution < 1.29 is 9.53 Å². The van der Waals surface area contributed by atoms with Crippen LogP contribution in [-0.2, 0) is 11.2 Å². The average molecular weight is 373 g/mol. The molecule has 1 saturated heterocycles. The number of amides is 1. The molecule has 1 unspecified atom stereocenters. The third-order valence-electron chi connectivity index (χ3n) is 4.85. The molecule has 4 rings (SSSR count). The standard InChI is InChI=1S/C23H23N3O2/c27-23(25-16-20-10-5-13-28-20)19-9-4-8-18(15-19)21-11-12-24-22(26-21)14-17-6-2-1-3-7-17/h1-4,6-9,11-12,15,20H,5,10,13-14,16H2,(H,25,27). The van der Waals surface area contributed by atoms with Crippen LogP contribution in [0.2, 0.25) is 0 Å². The van der Waals surface area contributed by atoms with Gasteiger partial charge in [0.05, 0.1) is 11.8 Å². The summed E-state index contributed by atoms with van der Waals surface area (Å²) in [6.45, 7) is 1.34. The zero-order valence-electron chi connectivity index (χ0n) is 15.7. The Bertz CT molecular complexity index is 937. The summed E-state index contributed by atoms with van der Waals surface area (Å²) in [7, 11) is 0. The van der Waals surface area contributed by atoms with Crippen molar-refractivity contribution in [1.82, 2.24) is 15.3 Å². The van der Waals surface area contributed by atoms with Gasteiger partial charge in [0.2, 0.25) is 0 Å². The van der Waals surface area contributed by atoms with Crippen LogP contribution in [0.15, 0.2) is 66.9 Å². The summed E-state index contributed by atoms with van der Waals surface area (Å²) < 4.78 is 5.56. The molecular formula is C23H23N3O2. The maximum Gasteiger partial charge on any atom is 0.251 e. The Morgan fingerprint density at radius 3 is 2.82 bits per heavy atom. The number of nitrogens with zero attached hydrogens (tertiary/aromatic N) is 2. The van der Waals surface area contributed by atoms with Gasteiger partial charge in [-0.25, -0.2) is 9.97 Å². The molecule has 5 nitrogen and oxygen atoms in total. The molecule has 1 N–H and O–H groups in total. The Hall–Kier alpha value is -3.05. The first-order chi connectivity index (χ1) is 13.8. The Kier molecular flexibility index (Phi) is 5.73. The quantitative estimate of drug-likeness (QED) is 0.716. The summed E-state index contributed by atoms with van der Waals surface area (Å²) >= 11 is 0. The van der Waals surface area contributed by atoms with Crippen LogP contribution in [0.25, 0.3) is 11.3 Å². The van der Waals surface area contributed by atoms with E-state index in [9.17, 15) is 4.79 Å². The van der Waals surface area contributed by atoms with Crippen molar-refractivity contribution >= 4 is 5.91 Å². The minimum absolute atomic E-state index is 0.0871.